The number of nitrogens with one attached hydrogen (secondary N) is 2. The van der Waals surface area contributed by atoms with Crippen LogP contribution in [0.1, 0.15) is 197 Å². The molecule has 0 spiro atoms. The van der Waals surface area contributed by atoms with Crippen LogP contribution in [0.4, 0.5) is 0 Å². The Morgan fingerprint density at radius 3 is 2.32 bits per heavy atom. The van der Waals surface area contributed by atoms with E-state index in [-0.39, 0.29) is 40.5 Å². The molecule has 5 heterocycles. The van der Waals surface area contributed by atoms with Crippen molar-refractivity contribution in [3.8, 4) is 0 Å². The molecule has 9 nitrogen and oxygen atoms in total. The van der Waals surface area contributed by atoms with E-state index in [4.69, 9.17) is 9.47 Å². The van der Waals surface area contributed by atoms with E-state index in [2.05, 4.69) is 101 Å². The van der Waals surface area contributed by atoms with E-state index < -0.39 is 34.1 Å². The van der Waals surface area contributed by atoms with Crippen LogP contribution in [0.15, 0.2) is 41.7 Å². The van der Waals surface area contributed by atoms with Gasteiger partial charge in [0.1, 0.15) is 11.9 Å². The lowest BCUT2D eigenvalue weighted by Crippen LogP contribution is -2.68. The summed E-state index contributed by atoms with van der Waals surface area (Å²) in [6, 6.07) is 7.64. The molecule has 0 bridgehead atoms. The zero-order valence-electron chi connectivity index (χ0n) is 45.4. The molecule has 3 aromatic rings. The van der Waals surface area contributed by atoms with E-state index in [0.29, 0.717) is 61.7 Å². The van der Waals surface area contributed by atoms with Gasteiger partial charge in [-0.05, 0) is 190 Å². The minimum Gasteiger partial charge on any atom is -0.392 e. The topological polar surface area (TPSA) is 129 Å². The molecule has 3 aliphatic heterocycles. The molecule has 2 saturated heterocycles. The molecule has 72 heavy (non-hydrogen) atoms. The van der Waals surface area contributed by atoms with Crippen molar-refractivity contribution in [2.24, 2.45) is 56.7 Å². The molecular weight excluding hydrogens is 895 g/mol. The lowest BCUT2D eigenvalue weighted by Gasteiger charge is -2.70. The predicted molar refractivity (Wildman–Crippen MR) is 284 cm³/mol. The number of rotatable bonds is 10. The molecule has 0 radical (unpaired) electrons. The van der Waals surface area contributed by atoms with E-state index >= 15 is 4.79 Å². The summed E-state index contributed by atoms with van der Waals surface area (Å²) in [5.41, 5.74) is 8.80. The number of aliphatic hydroxyl groups is 2. The molecule has 0 amide bonds. The first-order valence-electron chi connectivity index (χ1n) is 29.2. The van der Waals surface area contributed by atoms with E-state index in [1.165, 1.54) is 82.9 Å². The Hall–Kier alpha value is -3.08. The highest BCUT2D eigenvalue weighted by atomic mass is 16.6. The lowest BCUT2D eigenvalue weighted by atomic mass is 9.33. The number of ketones is 2. The number of benzene rings is 1. The maximum atomic E-state index is 15.5. The van der Waals surface area contributed by atoms with Crippen LogP contribution in [0.5, 0.6) is 0 Å². The summed E-state index contributed by atoms with van der Waals surface area (Å²) in [5.74, 6) is 2.54. The van der Waals surface area contributed by atoms with Gasteiger partial charge in [-0.25, -0.2) is 0 Å². The summed E-state index contributed by atoms with van der Waals surface area (Å²) in [7, 11) is 2.11. The summed E-state index contributed by atoms with van der Waals surface area (Å²) in [5, 5.41) is 29.6. The molecule has 7 fully saturated rings. The number of allylic oxidation sites excluding steroid dienone is 1. The van der Waals surface area contributed by atoms with E-state index in [9.17, 15) is 15.0 Å². The van der Waals surface area contributed by atoms with Gasteiger partial charge in [0.25, 0.3) is 0 Å². The second-order valence-electron chi connectivity index (χ2n) is 27.6. The van der Waals surface area contributed by atoms with Crippen LogP contribution in [0.3, 0.4) is 0 Å². The highest BCUT2D eigenvalue weighted by molar-refractivity contribution is 6.02. The number of ether oxygens (including phenoxy) is 2. The number of epoxide rings is 1. The third-order valence-electron chi connectivity index (χ3n) is 23.4. The quantitative estimate of drug-likeness (QED) is 0.149. The van der Waals surface area contributed by atoms with Crippen LogP contribution in [0, 0.1) is 56.7 Å². The number of aromatic nitrogens is 2. The van der Waals surface area contributed by atoms with Crippen molar-refractivity contribution >= 4 is 22.6 Å². The number of H-pyrrole nitrogens is 1. The van der Waals surface area contributed by atoms with Crippen molar-refractivity contribution in [2.75, 3.05) is 26.8 Å². The number of carbonyl (C=O) groups is 2. The van der Waals surface area contributed by atoms with Crippen molar-refractivity contribution < 1.29 is 29.3 Å². The third kappa shape index (κ3) is 7.50. The van der Waals surface area contributed by atoms with Crippen LogP contribution in [-0.2, 0) is 38.4 Å². The highest BCUT2D eigenvalue weighted by Gasteiger charge is 2.73. The van der Waals surface area contributed by atoms with E-state index in [1.807, 2.05) is 0 Å². The molecule has 0 unspecified atom stereocenters. The van der Waals surface area contributed by atoms with Crippen LogP contribution in [0.2, 0.25) is 0 Å². The molecule has 12 rings (SSSR count). The Labute approximate surface area is 430 Å². The van der Waals surface area contributed by atoms with Gasteiger partial charge in [0.05, 0.1) is 28.8 Å². The fourth-order valence-electron chi connectivity index (χ4n) is 19.6. The van der Waals surface area contributed by atoms with Crippen molar-refractivity contribution in [3.05, 3.63) is 69.6 Å². The first kappa shape index (κ1) is 49.8. The Bertz CT molecular complexity index is 2640. The van der Waals surface area contributed by atoms with Gasteiger partial charge >= 0.3 is 0 Å². The van der Waals surface area contributed by atoms with Gasteiger partial charge in [-0.15, -0.1) is 0 Å². The maximum absolute atomic E-state index is 15.5. The van der Waals surface area contributed by atoms with E-state index in [0.717, 1.165) is 83.1 Å². The molecule has 9 aliphatic rings. The summed E-state index contributed by atoms with van der Waals surface area (Å²) in [4.78, 5) is 33.9. The summed E-state index contributed by atoms with van der Waals surface area (Å²) >= 11 is 0. The third-order valence-corrected chi connectivity index (χ3v) is 23.4. The molecule has 2 aromatic heterocycles. The first-order chi connectivity index (χ1) is 34.3. The number of aromatic amines is 1. The second-order valence-corrected chi connectivity index (χ2v) is 27.6. The van der Waals surface area contributed by atoms with Gasteiger partial charge in [-0.2, -0.15) is 0 Å². The van der Waals surface area contributed by atoms with Crippen LogP contribution < -0.4 is 5.32 Å². The predicted octanol–water partition coefficient (Wildman–Crippen LogP) is 11.7. The van der Waals surface area contributed by atoms with E-state index in [1.54, 1.807) is 0 Å². The first-order valence-corrected chi connectivity index (χ1v) is 29.2. The van der Waals surface area contributed by atoms with Crippen LogP contribution in [0.25, 0.3) is 11.0 Å². The number of nitrogens with zero attached hydrogens (tertiary/aromatic N) is 1. The normalized spacial score (nSPS) is 40.6. The molecule has 1 aromatic carbocycles. The monoisotopic (exact) mass is 984 g/mol. The van der Waals surface area contributed by atoms with Gasteiger partial charge in [0.15, 0.2) is 5.78 Å². The van der Waals surface area contributed by atoms with Gasteiger partial charge in [0.2, 0.25) is 0 Å². The molecule has 9 heteroatoms. The zero-order chi connectivity index (χ0) is 50.3. The molecule has 5 saturated carbocycles. The minimum atomic E-state index is -0.719. The number of aryl methyl sites for hydroxylation is 1. The fourth-order valence-corrected chi connectivity index (χ4v) is 19.6. The molecular formula is C63H89N3O6. The zero-order valence-corrected chi connectivity index (χ0v) is 45.4. The number of hydrogen-bond donors (Lipinski definition) is 4. The average molecular weight is 984 g/mol. The number of fused-ring (bicyclic) bond motifs is 4. The number of hydrogen-bond acceptors (Lipinski definition) is 7. The summed E-state index contributed by atoms with van der Waals surface area (Å²) < 4.78 is 14.5. The van der Waals surface area contributed by atoms with Crippen LogP contribution >= 0.6 is 0 Å². The second kappa shape index (κ2) is 17.7. The number of aliphatic hydroxyl groups excluding tert-OH is 2. The minimum absolute atomic E-state index is 0.0852. The summed E-state index contributed by atoms with van der Waals surface area (Å²) in [6.45, 7) is 19.3. The SMILES string of the molecule is CNC[C@@H]1CCCC[C@@H]1c1cc(Cc2cn3c4c(c[nH]c24)CC[C@@](C)(C[C@@H](O)[C@H]2OC2(C)C)C2=C4[C@@H](C3)[C@@H](O)[C@@H]3[C@]5(C)CCC(=O)[C@@](C)(C6CCCC6)[C@@H]5CC[C@]3(C)[C@@]4(C)CC2=O)cc(C2CCOCC2)c1. The smallest absolute Gasteiger partial charge is 0.160 e. The molecule has 13 atom stereocenters. The Morgan fingerprint density at radius 1 is 0.861 bits per heavy atom. The van der Waals surface area contributed by atoms with Crippen molar-refractivity contribution in [1.29, 1.82) is 0 Å². The highest BCUT2D eigenvalue weighted by Crippen LogP contribution is 2.76. The molecule has 4 N–H and O–H groups in total. The van der Waals surface area contributed by atoms with Gasteiger partial charge < -0.3 is 34.6 Å². The Morgan fingerprint density at radius 2 is 1.58 bits per heavy atom. The summed E-state index contributed by atoms with van der Waals surface area (Å²) in [6.07, 6.45) is 21.2. The average Bonchev–Trinajstić information content (AvgIpc) is 3.90. The van der Waals surface area contributed by atoms with Crippen LogP contribution in [-0.4, -0.2) is 82.0 Å². The van der Waals surface area contributed by atoms with Crippen molar-refractivity contribution in [1.82, 2.24) is 14.9 Å². The maximum Gasteiger partial charge on any atom is 0.160 e. The van der Waals surface area contributed by atoms with Crippen molar-refractivity contribution in [2.45, 2.75) is 213 Å². The Balaban J connectivity index is 0.992. The van der Waals surface area contributed by atoms with Crippen molar-refractivity contribution in [3.63, 3.8) is 0 Å². The number of carbonyl (C=O) groups excluding carboxylic acids is 2. The van der Waals surface area contributed by atoms with Gasteiger partial charge in [0, 0.05) is 73.7 Å². The molecule has 6 aliphatic carbocycles. The largest absolute Gasteiger partial charge is 0.392 e. The fraction of sp³-hybridized carbons (Fsp3) is 0.746. The van der Waals surface area contributed by atoms with Gasteiger partial charge in [-0.1, -0.05) is 78.5 Å². The Kier molecular flexibility index (Phi) is 12.3. The van der Waals surface area contributed by atoms with Gasteiger partial charge in [-0.3, -0.25) is 9.59 Å². The number of Topliss-reactive ketones (excluding diaryl/α,β-unsaturated/α-hetero) is 2. The lowest BCUT2D eigenvalue weighted by molar-refractivity contribution is -0.227. The standard InChI is InChI=1S/C63H89N3O6/c1-58(2)57(72-58)48(68)31-59(3)22-17-40-34-65-53-43(29-37-27-41(38-20-25-71-26-21-38)30-42(28-37)45-16-12-9-13-39(45)33-64-8)35-66(54(40)53)36-46-51-52(59)47(67)32-62(51,6)61(5)24-18-49-60(4,56(61)55(46)70)23-19-50(69)63(49,7)44-14-10-11-15-44/h27-28,30,34-35,38-39,44-46,48-49,55-57,64-65,68,70H,9-26,29,31-33,36H2,1-8H3/t39-,45-,46+,48+,49+,55+,56+,57+,59-,60+,61-,62-,63-/m0/s1. The molecule has 392 valence electrons.